The SMILES string of the molecule is CB(O)N1CCc2cccc(c2)CCOc2c(cnn(-c3cccc(Cl)c3)c2=O)N2CCN(CC2)S1(=O)=O.CB(O)NS(=O)(=O)N1CCN(c2cnn(-c3cccc(Cl)c3)c(=O)c2OCCc2cccc(CCOS(C)(=O)=O)c2)CC1.O=c1c2c(cnn1-c1cccc(Cl)c1)N1CCN(CC1)S(=O)(=O)NCCc1cccc(c1)CCO2. The van der Waals surface area contributed by atoms with Crippen LogP contribution in [0.15, 0.2) is 179 Å². The van der Waals surface area contributed by atoms with Crippen LogP contribution in [0.3, 0.4) is 0 Å². The molecule has 0 unspecified atom stereocenters. The van der Waals surface area contributed by atoms with Gasteiger partial charge in [-0.15, -0.1) is 0 Å². The molecule has 6 aromatic carbocycles. The number of hydrogen-bond donors (Lipinski definition) is 4. The molecule has 7 aliphatic rings. The number of nitrogens with one attached hydrogen (secondary N) is 2. The first-order valence-corrected chi connectivity index (χ1v) is 44.7. The molecule has 9 aromatic rings. The molecule has 3 aromatic heterocycles. The Morgan fingerprint density at radius 2 is 0.931 bits per heavy atom. The summed E-state index contributed by atoms with van der Waals surface area (Å²) < 4.78 is 137. The normalized spacial score (nSPS) is 17.1. The Bertz CT molecular complexity index is 5650. The van der Waals surface area contributed by atoms with Crippen molar-refractivity contribution in [3.63, 3.8) is 0 Å². The number of hydrogen-bond acceptors (Lipinski definition) is 23. The maximum Gasteiger partial charge on any atom is 0.391 e. The minimum absolute atomic E-state index is 0.0336. The zero-order chi connectivity index (χ0) is 82.5. The van der Waals surface area contributed by atoms with E-state index in [9.17, 15) is 58.1 Å². The first kappa shape index (κ1) is 86.5. The van der Waals surface area contributed by atoms with Crippen molar-refractivity contribution in [3.05, 3.63) is 244 Å². The van der Waals surface area contributed by atoms with E-state index in [0.29, 0.717) is 140 Å². The van der Waals surface area contributed by atoms with E-state index in [1.165, 1.54) is 46.8 Å². The van der Waals surface area contributed by atoms with E-state index in [0.717, 1.165) is 43.9 Å². The number of nitrogens with zero attached hydrogens (tertiary/aromatic N) is 13. The lowest BCUT2D eigenvalue weighted by Gasteiger charge is -2.38. The van der Waals surface area contributed by atoms with Crippen LogP contribution in [0.5, 0.6) is 17.2 Å². The van der Waals surface area contributed by atoms with Crippen molar-refractivity contribution < 1.29 is 62.1 Å². The molecular formula is C75H88B2Cl3N15O17S4. The van der Waals surface area contributed by atoms with Crippen LogP contribution >= 0.6 is 34.8 Å². The molecule has 10 heterocycles. The third-order valence-electron chi connectivity index (χ3n) is 19.6. The quantitative estimate of drug-likeness (QED) is 0.0734. The van der Waals surface area contributed by atoms with Gasteiger partial charge in [-0.25, -0.2) is 9.36 Å². The topological polar surface area (TPSA) is 365 Å². The molecule has 616 valence electrons. The van der Waals surface area contributed by atoms with Gasteiger partial charge in [-0.1, -0.05) is 126 Å². The largest absolute Gasteiger partial charge is 0.486 e. The smallest absolute Gasteiger partial charge is 0.391 e. The van der Waals surface area contributed by atoms with Crippen LogP contribution in [0.4, 0.5) is 17.1 Å². The number of fused-ring (bicyclic) bond motifs is 14. The van der Waals surface area contributed by atoms with Gasteiger partial charge < -0.3 is 39.0 Å². The van der Waals surface area contributed by atoms with E-state index in [2.05, 4.69) is 24.7 Å². The molecule has 16 rings (SSSR count). The third kappa shape index (κ3) is 22.3. The van der Waals surface area contributed by atoms with Crippen molar-refractivity contribution in [2.75, 3.05) is 139 Å². The fourth-order valence-electron chi connectivity index (χ4n) is 13.8. The van der Waals surface area contributed by atoms with Gasteiger partial charge in [0.05, 0.1) is 68.3 Å². The lowest BCUT2D eigenvalue weighted by Crippen LogP contribution is -2.56. The van der Waals surface area contributed by atoms with Gasteiger partial charge in [0.25, 0.3) is 40.7 Å². The second-order valence-electron chi connectivity index (χ2n) is 27.8. The summed E-state index contributed by atoms with van der Waals surface area (Å²) in [7, 11) is -17.3. The number of halogens is 3. The second-order valence-corrected chi connectivity index (χ2v) is 36.1. The predicted molar refractivity (Wildman–Crippen MR) is 447 cm³/mol. The summed E-state index contributed by atoms with van der Waals surface area (Å²) in [6, 6.07) is 43.8. The van der Waals surface area contributed by atoms with E-state index in [-0.39, 0.29) is 82.9 Å². The Balaban J connectivity index is 0.000000161. The average Bonchev–Trinajstić information content (AvgIpc) is 0.786. The highest BCUT2D eigenvalue weighted by Crippen LogP contribution is 2.32. The van der Waals surface area contributed by atoms with Gasteiger partial charge in [-0.3, -0.25) is 18.6 Å². The highest BCUT2D eigenvalue weighted by molar-refractivity contribution is 7.88. The average molecular weight is 1730 g/mol. The van der Waals surface area contributed by atoms with Crippen LogP contribution in [-0.4, -0.2) is 229 Å². The van der Waals surface area contributed by atoms with E-state index in [1.807, 2.05) is 87.5 Å². The summed E-state index contributed by atoms with van der Waals surface area (Å²) in [6.45, 7) is 7.30. The predicted octanol–water partition coefficient (Wildman–Crippen LogP) is 4.96. The summed E-state index contributed by atoms with van der Waals surface area (Å²) in [4.78, 5) is 46.5. The number of benzene rings is 6. The van der Waals surface area contributed by atoms with E-state index >= 15 is 0 Å². The van der Waals surface area contributed by atoms with Crippen molar-refractivity contribution in [2.24, 2.45) is 0 Å². The minimum Gasteiger partial charge on any atom is -0.486 e. The molecular weight excluding hydrogens is 1640 g/mol. The fraction of sp³-hybridized carbons (Fsp3) is 0.360. The number of ether oxygens (including phenoxy) is 3. The van der Waals surface area contributed by atoms with Crippen LogP contribution in [0, 0.1) is 0 Å². The highest BCUT2D eigenvalue weighted by atomic mass is 35.5. The lowest BCUT2D eigenvalue weighted by molar-refractivity contribution is 0.311. The van der Waals surface area contributed by atoms with Crippen molar-refractivity contribution in [1.29, 1.82) is 0 Å². The van der Waals surface area contributed by atoms with Gasteiger partial charge >= 0.3 is 30.8 Å². The van der Waals surface area contributed by atoms with Crippen molar-refractivity contribution >= 4 is 107 Å². The Labute approximate surface area is 689 Å². The zero-order valence-corrected chi connectivity index (χ0v) is 69.3. The van der Waals surface area contributed by atoms with Crippen LogP contribution in [0.1, 0.15) is 33.4 Å². The summed E-state index contributed by atoms with van der Waals surface area (Å²) in [5.74, 6) is 0.411. The number of aromatic nitrogens is 6. The van der Waals surface area contributed by atoms with Crippen LogP contribution in [0.25, 0.3) is 17.1 Å². The maximum atomic E-state index is 13.7. The van der Waals surface area contributed by atoms with Crippen molar-refractivity contribution in [3.8, 4) is 34.3 Å². The molecule has 32 nitrogen and oxygen atoms in total. The fourth-order valence-corrected chi connectivity index (χ4v) is 18.8. The molecule has 4 N–H and O–H groups in total. The van der Waals surface area contributed by atoms with Crippen molar-refractivity contribution in [1.82, 2.24) is 55.8 Å². The van der Waals surface area contributed by atoms with Gasteiger partial charge in [-0.05, 0) is 121 Å². The van der Waals surface area contributed by atoms with Crippen LogP contribution in [0.2, 0.25) is 28.7 Å². The number of rotatable bonds is 16. The number of piperazine rings is 3. The molecule has 3 saturated heterocycles. The molecule has 7 aliphatic heterocycles. The Kier molecular flexibility index (Phi) is 28.9. The maximum absolute atomic E-state index is 13.7. The monoisotopic (exact) mass is 1730 g/mol. The molecule has 116 heavy (non-hydrogen) atoms. The summed E-state index contributed by atoms with van der Waals surface area (Å²) in [6.07, 6.45) is 8.76. The molecule has 0 radical (unpaired) electrons. The Hall–Kier alpha value is -8.80. The highest BCUT2D eigenvalue weighted by Gasteiger charge is 2.38. The van der Waals surface area contributed by atoms with Gasteiger partial charge in [-0.2, -0.15) is 80.1 Å². The molecule has 0 spiro atoms. The van der Waals surface area contributed by atoms with Gasteiger partial charge in [0.2, 0.25) is 17.2 Å². The standard InChI is InChI=1S/C26H33BClN5O8S2.C25H29BClN5O5S.C24H26ClN5O4S/c1-27(35)30-43(38,39)32-13-11-31(12-14-32)24-19-29-33(23-8-4-7-22(28)18-23)26(34)25(24)40-15-9-20-5-3-6-21(17-20)10-16-41-42(2,36)37;1-26(34)31-10-8-19-4-2-5-20(16-19)9-15-37-24-23(29-11-13-30(14-12-29)38(31,35)36)18-28-32(25(24)33)22-7-3-6-21(27)17-22;25-20-5-2-6-21(16-20)30-24(31)23-22(17-26-30)28-10-12-29(13-11-28)35(32,33)27-9-7-18-3-1-4-19(15-18)8-14-34-23/h3-8,17-19,30,35H,9-16H2,1-2H3;2-7,16-18,34H,8-15H2,1H3;1-6,15-17,27H,7-14H2. The number of anilines is 3. The molecule has 41 heteroatoms. The van der Waals surface area contributed by atoms with Gasteiger partial charge in [0.1, 0.15) is 17.1 Å². The van der Waals surface area contributed by atoms with E-state index in [4.69, 9.17) is 53.2 Å². The van der Waals surface area contributed by atoms with Crippen molar-refractivity contribution in [2.45, 2.75) is 52.2 Å². The first-order valence-electron chi connectivity index (χ1n) is 37.5. The molecule has 0 saturated carbocycles. The molecule has 0 atom stereocenters. The summed E-state index contributed by atoms with van der Waals surface area (Å²) >= 11 is 18.4. The van der Waals surface area contributed by atoms with Gasteiger partial charge in [0.15, 0.2) is 0 Å². The summed E-state index contributed by atoms with van der Waals surface area (Å²) in [5.41, 5.74) is 7.54. The van der Waals surface area contributed by atoms with E-state index < -0.39 is 71.5 Å². The molecule has 0 aliphatic carbocycles. The molecule has 0 amide bonds. The lowest BCUT2D eigenvalue weighted by atomic mass is 9.88. The minimum atomic E-state index is -3.90. The van der Waals surface area contributed by atoms with Crippen LogP contribution < -0.4 is 54.9 Å². The zero-order valence-electron chi connectivity index (χ0n) is 63.8. The third-order valence-corrected chi connectivity index (χ3v) is 26.3. The summed E-state index contributed by atoms with van der Waals surface area (Å²) in [5, 5.41) is 34.3. The van der Waals surface area contributed by atoms with E-state index in [1.54, 1.807) is 85.2 Å². The first-order chi connectivity index (χ1) is 55.5. The second kappa shape index (κ2) is 38.7. The molecule has 8 bridgehead atoms. The van der Waals surface area contributed by atoms with Crippen LogP contribution in [-0.2, 0) is 83.5 Å². The Morgan fingerprint density at radius 1 is 0.509 bits per heavy atom. The molecule has 3 fully saturated rings. The van der Waals surface area contributed by atoms with Gasteiger partial charge in [0, 0.05) is 126 Å². The Morgan fingerprint density at radius 3 is 1.41 bits per heavy atom.